The largest absolute Gasteiger partial charge is 0.378 e. The van der Waals surface area contributed by atoms with Crippen molar-refractivity contribution in [3.63, 3.8) is 0 Å². The van der Waals surface area contributed by atoms with Crippen LogP contribution in [0.15, 0.2) is 6.20 Å². The van der Waals surface area contributed by atoms with E-state index in [-0.39, 0.29) is 5.91 Å². The Hall–Kier alpha value is -2.50. The lowest BCUT2D eigenvalue weighted by Gasteiger charge is -2.31. The highest BCUT2D eigenvalue weighted by Crippen LogP contribution is 2.28. The lowest BCUT2D eigenvalue weighted by molar-refractivity contribution is -0.129. The van der Waals surface area contributed by atoms with E-state index in [1.807, 2.05) is 10.9 Å². The number of hydroxylamine groups is 1. The van der Waals surface area contributed by atoms with E-state index in [2.05, 4.69) is 14.9 Å². The number of aryl methyl sites for hydroxylation is 1. The summed E-state index contributed by atoms with van der Waals surface area (Å²) >= 11 is 0. The first-order valence-electron chi connectivity index (χ1n) is 11.6. The highest BCUT2D eigenvalue weighted by Gasteiger charge is 2.23. The average Bonchev–Trinajstić information content (AvgIpc) is 3.26. The second-order valence-electron chi connectivity index (χ2n) is 8.20. The van der Waals surface area contributed by atoms with Gasteiger partial charge in [-0.3, -0.25) is 10.0 Å². The molecule has 2 fully saturated rings. The van der Waals surface area contributed by atoms with Crippen molar-refractivity contribution in [3.8, 4) is 0 Å². The molecule has 11 heteroatoms. The zero-order chi connectivity index (χ0) is 22.2. The highest BCUT2D eigenvalue weighted by molar-refractivity contribution is 5.88. The smallest absolute Gasteiger partial charge is 0.243 e. The molecule has 2 N–H and O–H groups in total. The van der Waals surface area contributed by atoms with Crippen molar-refractivity contribution in [2.24, 2.45) is 0 Å². The number of ether oxygens (including phenoxy) is 2. The van der Waals surface area contributed by atoms with Crippen LogP contribution in [-0.2, 0) is 20.8 Å². The predicted octanol–water partition coefficient (Wildman–Crippen LogP) is 1.35. The maximum Gasteiger partial charge on any atom is 0.243 e. The van der Waals surface area contributed by atoms with E-state index in [1.165, 1.54) is 0 Å². The van der Waals surface area contributed by atoms with Crippen LogP contribution in [0.2, 0.25) is 0 Å². The lowest BCUT2D eigenvalue weighted by atomic mass is 10.1. The zero-order valence-corrected chi connectivity index (χ0v) is 18.5. The van der Waals surface area contributed by atoms with Gasteiger partial charge in [0.2, 0.25) is 11.9 Å². The van der Waals surface area contributed by atoms with Crippen molar-refractivity contribution in [1.82, 2.24) is 25.2 Å². The molecule has 0 bridgehead atoms. The minimum Gasteiger partial charge on any atom is -0.378 e. The monoisotopic (exact) mass is 447 g/mol. The molecule has 11 nitrogen and oxygen atoms in total. The molecule has 32 heavy (non-hydrogen) atoms. The van der Waals surface area contributed by atoms with Crippen LogP contribution in [0.25, 0.3) is 11.0 Å². The maximum absolute atomic E-state index is 11.1. The van der Waals surface area contributed by atoms with Crippen molar-refractivity contribution in [3.05, 3.63) is 6.20 Å². The minimum atomic E-state index is -0.320. The highest BCUT2D eigenvalue weighted by atomic mass is 16.5. The summed E-state index contributed by atoms with van der Waals surface area (Å²) in [4.78, 5) is 25.4. The van der Waals surface area contributed by atoms with Crippen LogP contribution < -0.4 is 15.3 Å². The first-order valence-corrected chi connectivity index (χ1v) is 11.6. The molecule has 176 valence electrons. The van der Waals surface area contributed by atoms with Gasteiger partial charge in [-0.1, -0.05) is 19.3 Å². The van der Waals surface area contributed by atoms with Crippen molar-refractivity contribution in [2.45, 2.75) is 45.1 Å². The van der Waals surface area contributed by atoms with Crippen LogP contribution in [0.3, 0.4) is 0 Å². The first kappa shape index (κ1) is 22.7. The number of hydrogen-bond acceptors (Lipinski definition) is 9. The summed E-state index contributed by atoms with van der Waals surface area (Å²) in [6, 6.07) is 0. The number of fused-ring (bicyclic) bond motifs is 1. The summed E-state index contributed by atoms with van der Waals surface area (Å²) in [5.74, 6) is 1.36. The van der Waals surface area contributed by atoms with E-state index in [0.29, 0.717) is 32.8 Å². The number of nitrogens with zero attached hydrogens (tertiary/aromatic N) is 6. The Morgan fingerprint density at radius 2 is 1.59 bits per heavy atom. The number of aromatic nitrogens is 4. The van der Waals surface area contributed by atoms with Gasteiger partial charge in [-0.25, -0.2) is 10.2 Å². The Bertz CT molecular complexity index is 878. The number of morpholine rings is 2. The van der Waals surface area contributed by atoms with Crippen LogP contribution in [0.1, 0.15) is 38.5 Å². The number of nitrogens with one attached hydrogen (secondary N) is 1. The zero-order valence-electron chi connectivity index (χ0n) is 18.5. The molecule has 0 spiro atoms. The molecule has 0 radical (unpaired) electrons. The number of hydrogen-bond donors (Lipinski definition) is 2. The normalized spacial score (nSPS) is 17.2. The first-order chi connectivity index (χ1) is 15.8. The van der Waals surface area contributed by atoms with Gasteiger partial charge < -0.3 is 19.3 Å². The summed E-state index contributed by atoms with van der Waals surface area (Å²) in [7, 11) is 0. The van der Waals surface area contributed by atoms with E-state index in [9.17, 15) is 4.79 Å². The molecule has 4 rings (SSSR count). The summed E-state index contributed by atoms with van der Waals surface area (Å²) < 4.78 is 13.0. The summed E-state index contributed by atoms with van der Waals surface area (Å²) in [6.45, 7) is 6.78. The van der Waals surface area contributed by atoms with Crippen LogP contribution in [0, 0.1) is 0 Å². The number of carbonyl (C=O) groups excluding carboxylic acids is 1. The average molecular weight is 448 g/mol. The Morgan fingerprint density at radius 1 is 0.938 bits per heavy atom. The number of unbranched alkanes of at least 4 members (excludes halogenated alkanes) is 4. The molecule has 4 heterocycles. The predicted molar refractivity (Wildman–Crippen MR) is 119 cm³/mol. The van der Waals surface area contributed by atoms with Gasteiger partial charge in [-0.05, 0) is 12.8 Å². The van der Waals surface area contributed by atoms with E-state index < -0.39 is 0 Å². The van der Waals surface area contributed by atoms with Gasteiger partial charge in [0.25, 0.3) is 0 Å². The summed E-state index contributed by atoms with van der Waals surface area (Å²) in [5, 5.41) is 14.2. The number of amides is 1. The Kier molecular flexibility index (Phi) is 8.07. The Morgan fingerprint density at radius 3 is 2.31 bits per heavy atom. The molecule has 0 atom stereocenters. The standard InChI is InChI=1S/C21H33N7O4/c29-18(25-30)6-4-2-1-3-5-7-28-20-17(16-22-28)19(26-8-12-31-13-9-26)23-21(24-20)27-10-14-32-15-11-27/h16,30H,1-15H2,(H,25,29). The molecule has 1 amide bonds. The number of anilines is 2. The second-order valence-corrected chi connectivity index (χ2v) is 8.20. The van der Waals surface area contributed by atoms with Crippen LogP contribution >= 0.6 is 0 Å². The van der Waals surface area contributed by atoms with E-state index in [1.54, 1.807) is 5.48 Å². The van der Waals surface area contributed by atoms with Gasteiger partial charge in [0.05, 0.1) is 38.0 Å². The molecule has 2 saturated heterocycles. The molecule has 0 aliphatic carbocycles. The molecular formula is C21H33N7O4. The van der Waals surface area contributed by atoms with Crippen LogP contribution in [-0.4, -0.2) is 83.5 Å². The number of rotatable bonds is 10. The van der Waals surface area contributed by atoms with Gasteiger partial charge in [0.15, 0.2) is 5.65 Å². The van der Waals surface area contributed by atoms with Crippen molar-refractivity contribution >= 4 is 28.7 Å². The third kappa shape index (κ3) is 5.64. The third-order valence-corrected chi connectivity index (χ3v) is 5.97. The van der Waals surface area contributed by atoms with Crippen molar-refractivity contribution in [1.29, 1.82) is 0 Å². The van der Waals surface area contributed by atoms with E-state index >= 15 is 0 Å². The Balaban J connectivity index is 1.44. The Labute approximate surface area is 187 Å². The fourth-order valence-corrected chi connectivity index (χ4v) is 4.15. The topological polar surface area (TPSA) is 118 Å². The molecule has 2 aliphatic rings. The molecule has 2 aromatic heterocycles. The number of carbonyl (C=O) groups is 1. The second kappa shape index (κ2) is 11.4. The van der Waals surface area contributed by atoms with Gasteiger partial charge in [0.1, 0.15) is 5.82 Å². The molecule has 2 aromatic rings. The fraction of sp³-hybridized carbons (Fsp3) is 0.714. The minimum absolute atomic E-state index is 0.320. The molecule has 0 aromatic carbocycles. The molecule has 0 saturated carbocycles. The van der Waals surface area contributed by atoms with E-state index in [4.69, 9.17) is 24.6 Å². The molecule has 2 aliphatic heterocycles. The van der Waals surface area contributed by atoms with E-state index in [0.717, 1.165) is 87.6 Å². The van der Waals surface area contributed by atoms with Gasteiger partial charge in [-0.15, -0.1) is 0 Å². The van der Waals surface area contributed by atoms with Gasteiger partial charge in [-0.2, -0.15) is 15.1 Å². The summed E-state index contributed by atoms with van der Waals surface area (Å²) in [6.07, 6.45) is 7.11. The third-order valence-electron chi connectivity index (χ3n) is 5.97. The molecular weight excluding hydrogens is 414 g/mol. The van der Waals surface area contributed by atoms with Crippen LogP contribution in [0.4, 0.5) is 11.8 Å². The molecule has 0 unspecified atom stereocenters. The quantitative estimate of drug-likeness (QED) is 0.316. The summed E-state index contributed by atoms with van der Waals surface area (Å²) in [5.41, 5.74) is 2.55. The van der Waals surface area contributed by atoms with Crippen molar-refractivity contribution < 1.29 is 19.5 Å². The maximum atomic E-state index is 11.1. The SMILES string of the molecule is O=C(CCCCCCCn1ncc2c(N3CCOCC3)nc(N3CCOCC3)nc21)NO. The van der Waals surface area contributed by atoms with Gasteiger partial charge in [0, 0.05) is 39.1 Å². The van der Waals surface area contributed by atoms with Crippen LogP contribution in [0.5, 0.6) is 0 Å². The lowest BCUT2D eigenvalue weighted by Crippen LogP contribution is -2.39. The van der Waals surface area contributed by atoms with Gasteiger partial charge >= 0.3 is 0 Å². The van der Waals surface area contributed by atoms with Crippen molar-refractivity contribution in [2.75, 3.05) is 62.4 Å². The fourth-order valence-electron chi connectivity index (χ4n) is 4.15.